The van der Waals surface area contributed by atoms with Gasteiger partial charge in [0.05, 0.1) is 11.4 Å². The van der Waals surface area contributed by atoms with Crippen molar-refractivity contribution in [3.05, 3.63) is 22.7 Å². The Bertz CT molecular complexity index is 359. The van der Waals surface area contributed by atoms with Gasteiger partial charge < -0.3 is 11.1 Å². The molecule has 1 aliphatic rings. The van der Waals surface area contributed by atoms with Crippen LogP contribution in [0.1, 0.15) is 32.6 Å². The maximum absolute atomic E-state index is 5.95. The van der Waals surface area contributed by atoms with Crippen LogP contribution in [-0.2, 0) is 0 Å². The third kappa shape index (κ3) is 2.70. The number of rotatable bonds is 3. The molecule has 1 atom stereocenters. The Morgan fingerprint density at radius 1 is 1.38 bits per heavy atom. The average Bonchev–Trinajstić information content (AvgIpc) is 2.76. The van der Waals surface area contributed by atoms with E-state index in [2.05, 4.69) is 34.2 Å². The van der Waals surface area contributed by atoms with E-state index in [0.717, 1.165) is 21.8 Å². The SMILES string of the molecule is CC(Nc1cc(Br)ccc1N)C1CCCC1. The van der Waals surface area contributed by atoms with Crippen LogP contribution in [0, 0.1) is 5.92 Å². The van der Waals surface area contributed by atoms with E-state index < -0.39 is 0 Å². The lowest BCUT2D eigenvalue weighted by Crippen LogP contribution is -2.24. The zero-order chi connectivity index (χ0) is 11.5. The lowest BCUT2D eigenvalue weighted by molar-refractivity contribution is 0.482. The van der Waals surface area contributed by atoms with Gasteiger partial charge in [0.15, 0.2) is 0 Å². The molecule has 0 aromatic heterocycles. The summed E-state index contributed by atoms with van der Waals surface area (Å²) in [4.78, 5) is 0. The Hall–Kier alpha value is -0.700. The highest BCUT2D eigenvalue weighted by molar-refractivity contribution is 9.10. The molecule has 0 spiro atoms. The zero-order valence-electron chi connectivity index (χ0n) is 9.67. The fourth-order valence-corrected chi connectivity index (χ4v) is 2.84. The van der Waals surface area contributed by atoms with Crippen LogP contribution >= 0.6 is 15.9 Å². The van der Waals surface area contributed by atoms with E-state index in [-0.39, 0.29) is 0 Å². The summed E-state index contributed by atoms with van der Waals surface area (Å²) in [5.74, 6) is 0.804. The highest BCUT2D eigenvalue weighted by Crippen LogP contribution is 2.31. The van der Waals surface area contributed by atoms with E-state index in [1.807, 2.05) is 12.1 Å². The molecule has 1 fully saturated rings. The quantitative estimate of drug-likeness (QED) is 0.822. The van der Waals surface area contributed by atoms with Gasteiger partial charge in [-0.25, -0.2) is 0 Å². The van der Waals surface area contributed by atoms with E-state index in [4.69, 9.17) is 5.73 Å². The van der Waals surface area contributed by atoms with Gasteiger partial charge in [0, 0.05) is 10.5 Å². The highest BCUT2D eigenvalue weighted by atomic mass is 79.9. The summed E-state index contributed by atoms with van der Waals surface area (Å²) in [6.45, 7) is 2.26. The molecule has 3 heteroatoms. The number of benzene rings is 1. The van der Waals surface area contributed by atoms with Gasteiger partial charge in [0.2, 0.25) is 0 Å². The molecule has 1 aromatic carbocycles. The van der Waals surface area contributed by atoms with Gasteiger partial charge in [-0.1, -0.05) is 28.8 Å². The second-order valence-electron chi connectivity index (χ2n) is 4.71. The van der Waals surface area contributed by atoms with Crippen molar-refractivity contribution in [3.8, 4) is 0 Å². The van der Waals surface area contributed by atoms with Crippen LogP contribution < -0.4 is 11.1 Å². The van der Waals surface area contributed by atoms with Crippen molar-refractivity contribution < 1.29 is 0 Å². The fraction of sp³-hybridized carbons (Fsp3) is 0.538. The molecule has 0 saturated heterocycles. The third-order valence-electron chi connectivity index (χ3n) is 3.51. The lowest BCUT2D eigenvalue weighted by atomic mass is 9.99. The van der Waals surface area contributed by atoms with E-state index in [1.165, 1.54) is 25.7 Å². The summed E-state index contributed by atoms with van der Waals surface area (Å²) in [5, 5.41) is 3.54. The van der Waals surface area contributed by atoms with Crippen molar-refractivity contribution in [2.24, 2.45) is 5.92 Å². The van der Waals surface area contributed by atoms with Crippen molar-refractivity contribution >= 4 is 27.3 Å². The first-order valence-electron chi connectivity index (χ1n) is 5.98. The molecule has 0 amide bonds. The molecule has 1 unspecified atom stereocenters. The maximum atomic E-state index is 5.95. The number of anilines is 2. The predicted molar refractivity (Wildman–Crippen MR) is 73.6 cm³/mol. The summed E-state index contributed by atoms with van der Waals surface area (Å²) >= 11 is 3.47. The lowest BCUT2D eigenvalue weighted by Gasteiger charge is -2.22. The van der Waals surface area contributed by atoms with Gasteiger partial charge in [-0.15, -0.1) is 0 Å². The van der Waals surface area contributed by atoms with E-state index in [0.29, 0.717) is 6.04 Å². The Labute approximate surface area is 106 Å². The van der Waals surface area contributed by atoms with Crippen LogP contribution in [0.4, 0.5) is 11.4 Å². The molecule has 0 aliphatic heterocycles. The van der Waals surface area contributed by atoms with Crippen LogP contribution in [-0.4, -0.2) is 6.04 Å². The van der Waals surface area contributed by atoms with E-state index in [1.54, 1.807) is 0 Å². The molecular formula is C13H19BrN2. The van der Waals surface area contributed by atoms with Crippen molar-refractivity contribution in [1.82, 2.24) is 0 Å². The average molecular weight is 283 g/mol. The normalized spacial score (nSPS) is 18.6. The van der Waals surface area contributed by atoms with Gasteiger partial charge in [-0.2, -0.15) is 0 Å². The minimum absolute atomic E-state index is 0.513. The molecule has 3 N–H and O–H groups in total. The van der Waals surface area contributed by atoms with Crippen LogP contribution in [0.25, 0.3) is 0 Å². The van der Waals surface area contributed by atoms with Crippen LogP contribution in [0.3, 0.4) is 0 Å². The van der Waals surface area contributed by atoms with E-state index >= 15 is 0 Å². The van der Waals surface area contributed by atoms with Gasteiger partial charge in [-0.05, 0) is 43.9 Å². The number of nitrogen functional groups attached to an aromatic ring is 1. The minimum atomic E-state index is 0.513. The standard InChI is InChI=1S/C13H19BrN2/c1-9(10-4-2-3-5-10)16-13-8-11(14)6-7-12(13)15/h6-10,16H,2-5,15H2,1H3. The summed E-state index contributed by atoms with van der Waals surface area (Å²) in [6, 6.07) is 6.48. The number of hydrogen-bond acceptors (Lipinski definition) is 2. The van der Waals surface area contributed by atoms with Gasteiger partial charge in [0.1, 0.15) is 0 Å². The van der Waals surface area contributed by atoms with Crippen LogP contribution in [0.2, 0.25) is 0 Å². The molecule has 1 aromatic rings. The van der Waals surface area contributed by atoms with Crippen molar-refractivity contribution in [2.45, 2.75) is 38.6 Å². The number of halogens is 1. The smallest absolute Gasteiger partial charge is 0.0587 e. The topological polar surface area (TPSA) is 38.0 Å². The second-order valence-corrected chi connectivity index (χ2v) is 5.62. The molecule has 0 radical (unpaired) electrons. The zero-order valence-corrected chi connectivity index (χ0v) is 11.3. The first-order chi connectivity index (χ1) is 7.66. The van der Waals surface area contributed by atoms with Crippen molar-refractivity contribution in [2.75, 3.05) is 11.1 Å². The molecule has 2 nitrogen and oxygen atoms in total. The molecule has 1 saturated carbocycles. The van der Waals surface area contributed by atoms with Crippen LogP contribution in [0.5, 0.6) is 0 Å². The molecular weight excluding hydrogens is 264 g/mol. The summed E-state index contributed by atoms with van der Waals surface area (Å²) in [5.41, 5.74) is 7.83. The van der Waals surface area contributed by atoms with Crippen LogP contribution in [0.15, 0.2) is 22.7 Å². The molecule has 0 bridgehead atoms. The summed E-state index contributed by atoms with van der Waals surface area (Å²) < 4.78 is 1.07. The Kier molecular flexibility index (Phi) is 3.74. The number of hydrogen-bond donors (Lipinski definition) is 2. The first kappa shape index (κ1) is 11.8. The fourth-order valence-electron chi connectivity index (χ4n) is 2.47. The molecule has 1 aliphatic carbocycles. The number of nitrogens with one attached hydrogen (secondary N) is 1. The van der Waals surface area contributed by atoms with Crippen molar-refractivity contribution in [3.63, 3.8) is 0 Å². The summed E-state index contributed by atoms with van der Waals surface area (Å²) in [6.07, 6.45) is 5.46. The van der Waals surface area contributed by atoms with Crippen molar-refractivity contribution in [1.29, 1.82) is 0 Å². The summed E-state index contributed by atoms with van der Waals surface area (Å²) in [7, 11) is 0. The Morgan fingerprint density at radius 2 is 2.06 bits per heavy atom. The first-order valence-corrected chi connectivity index (χ1v) is 6.77. The molecule has 0 heterocycles. The maximum Gasteiger partial charge on any atom is 0.0587 e. The largest absolute Gasteiger partial charge is 0.397 e. The molecule has 16 heavy (non-hydrogen) atoms. The molecule has 88 valence electrons. The monoisotopic (exact) mass is 282 g/mol. The van der Waals surface area contributed by atoms with E-state index in [9.17, 15) is 0 Å². The predicted octanol–water partition coefficient (Wildman–Crippen LogP) is 4.02. The second kappa shape index (κ2) is 5.09. The van der Waals surface area contributed by atoms with Gasteiger partial charge in [-0.3, -0.25) is 0 Å². The van der Waals surface area contributed by atoms with Gasteiger partial charge >= 0.3 is 0 Å². The Balaban J connectivity index is 2.04. The third-order valence-corrected chi connectivity index (χ3v) is 4.00. The highest BCUT2D eigenvalue weighted by Gasteiger charge is 2.21. The van der Waals surface area contributed by atoms with Gasteiger partial charge in [0.25, 0.3) is 0 Å². The number of nitrogens with two attached hydrogens (primary N) is 1. The minimum Gasteiger partial charge on any atom is -0.397 e. The molecule has 2 rings (SSSR count). The Morgan fingerprint density at radius 3 is 2.75 bits per heavy atom.